The summed E-state index contributed by atoms with van der Waals surface area (Å²) >= 11 is 0. The van der Waals surface area contributed by atoms with E-state index >= 15 is 0 Å². The average molecular weight is 205 g/mol. The first-order valence-electron chi connectivity index (χ1n) is 5.43. The molecule has 82 valence electrons. The molecule has 0 unspecified atom stereocenters. The topological polar surface area (TPSA) is 42.2 Å². The Kier molecular flexibility index (Phi) is 2.33. The van der Waals surface area contributed by atoms with Crippen LogP contribution in [0.25, 0.3) is 0 Å². The molecule has 1 saturated heterocycles. The Morgan fingerprint density at radius 2 is 2.07 bits per heavy atom. The van der Waals surface area contributed by atoms with Gasteiger partial charge in [0.05, 0.1) is 17.6 Å². The Bertz CT molecular complexity index is 348. The van der Waals surface area contributed by atoms with Crippen molar-refractivity contribution in [3.05, 3.63) is 18.5 Å². The molecule has 1 fully saturated rings. The highest BCUT2D eigenvalue weighted by Gasteiger charge is 2.36. The summed E-state index contributed by atoms with van der Waals surface area (Å²) in [6.45, 7) is 9.11. The lowest BCUT2D eigenvalue weighted by Gasteiger charge is -2.47. The zero-order valence-corrected chi connectivity index (χ0v) is 9.70. The molecule has 0 saturated carbocycles. The molecule has 0 aromatic carbocycles. The standard InChI is InChI=1S/C12H19N3/c1-12(2,3)9-7-15(8-9)11-4-5-14-6-10(11)13/h4-6,9H,7-8,13H2,1-3H3. The van der Waals surface area contributed by atoms with Crippen LogP contribution in [-0.4, -0.2) is 18.1 Å². The Morgan fingerprint density at radius 3 is 2.60 bits per heavy atom. The van der Waals surface area contributed by atoms with Crippen molar-refractivity contribution in [2.24, 2.45) is 11.3 Å². The van der Waals surface area contributed by atoms with Crippen molar-refractivity contribution in [3.63, 3.8) is 0 Å². The second kappa shape index (κ2) is 3.40. The number of nitrogen functional groups attached to an aromatic ring is 1. The fourth-order valence-electron chi connectivity index (χ4n) is 1.91. The van der Waals surface area contributed by atoms with Crippen LogP contribution in [0.5, 0.6) is 0 Å². The van der Waals surface area contributed by atoms with Crippen molar-refractivity contribution < 1.29 is 0 Å². The summed E-state index contributed by atoms with van der Waals surface area (Å²) in [4.78, 5) is 6.33. The predicted octanol–water partition coefficient (Wildman–Crippen LogP) is 2.15. The summed E-state index contributed by atoms with van der Waals surface area (Å²) in [6, 6.07) is 1.99. The first kappa shape index (κ1) is 10.3. The highest BCUT2D eigenvalue weighted by molar-refractivity contribution is 5.67. The van der Waals surface area contributed by atoms with Gasteiger partial charge in [0.25, 0.3) is 0 Å². The van der Waals surface area contributed by atoms with Gasteiger partial charge < -0.3 is 10.6 Å². The second-order valence-electron chi connectivity index (χ2n) is 5.40. The lowest BCUT2D eigenvalue weighted by Crippen LogP contribution is -2.52. The third kappa shape index (κ3) is 1.91. The number of aromatic nitrogens is 1. The molecule has 3 nitrogen and oxygen atoms in total. The molecule has 2 rings (SSSR count). The van der Waals surface area contributed by atoms with Crippen molar-refractivity contribution in [1.82, 2.24) is 4.98 Å². The largest absolute Gasteiger partial charge is 0.396 e. The van der Waals surface area contributed by atoms with Crippen molar-refractivity contribution >= 4 is 11.4 Å². The fourth-order valence-corrected chi connectivity index (χ4v) is 1.91. The van der Waals surface area contributed by atoms with Crippen LogP contribution in [0.3, 0.4) is 0 Å². The molecule has 1 aliphatic rings. The van der Waals surface area contributed by atoms with E-state index < -0.39 is 0 Å². The van der Waals surface area contributed by atoms with Gasteiger partial charge in [0, 0.05) is 19.3 Å². The van der Waals surface area contributed by atoms with Gasteiger partial charge in [-0.15, -0.1) is 0 Å². The van der Waals surface area contributed by atoms with Gasteiger partial charge in [-0.3, -0.25) is 4.98 Å². The van der Waals surface area contributed by atoms with Crippen molar-refractivity contribution in [2.45, 2.75) is 20.8 Å². The average Bonchev–Trinajstić information content (AvgIpc) is 2.03. The van der Waals surface area contributed by atoms with E-state index in [1.807, 2.05) is 6.07 Å². The van der Waals surface area contributed by atoms with Crippen LogP contribution in [0.15, 0.2) is 18.5 Å². The fraction of sp³-hybridized carbons (Fsp3) is 0.583. The molecule has 2 N–H and O–H groups in total. The Labute approximate surface area is 91.3 Å². The van der Waals surface area contributed by atoms with Crippen LogP contribution < -0.4 is 10.6 Å². The summed E-state index contributed by atoms with van der Waals surface area (Å²) in [7, 11) is 0. The minimum atomic E-state index is 0.401. The van der Waals surface area contributed by atoms with Gasteiger partial charge in [0.15, 0.2) is 0 Å². The van der Waals surface area contributed by atoms with Crippen LogP contribution >= 0.6 is 0 Å². The third-order valence-electron chi connectivity index (χ3n) is 3.27. The van der Waals surface area contributed by atoms with Gasteiger partial charge in [0.1, 0.15) is 0 Å². The minimum Gasteiger partial charge on any atom is -0.396 e. The van der Waals surface area contributed by atoms with E-state index in [1.54, 1.807) is 12.4 Å². The van der Waals surface area contributed by atoms with Crippen molar-refractivity contribution in [3.8, 4) is 0 Å². The quantitative estimate of drug-likeness (QED) is 0.763. The van der Waals surface area contributed by atoms with Crippen LogP contribution in [0.1, 0.15) is 20.8 Å². The number of nitrogens with two attached hydrogens (primary N) is 1. The number of rotatable bonds is 1. The molecule has 0 amide bonds. The van der Waals surface area contributed by atoms with Gasteiger partial charge in [-0.25, -0.2) is 0 Å². The van der Waals surface area contributed by atoms with E-state index in [1.165, 1.54) is 0 Å². The summed E-state index contributed by atoms with van der Waals surface area (Å²) < 4.78 is 0. The maximum absolute atomic E-state index is 5.88. The Morgan fingerprint density at radius 1 is 1.40 bits per heavy atom. The van der Waals surface area contributed by atoms with E-state index in [9.17, 15) is 0 Å². The molecule has 1 aromatic rings. The summed E-state index contributed by atoms with van der Waals surface area (Å²) in [6.07, 6.45) is 3.52. The number of hydrogen-bond donors (Lipinski definition) is 1. The maximum atomic E-state index is 5.88. The number of hydrogen-bond acceptors (Lipinski definition) is 3. The van der Waals surface area contributed by atoms with Crippen molar-refractivity contribution in [2.75, 3.05) is 23.7 Å². The van der Waals surface area contributed by atoms with Crippen molar-refractivity contribution in [1.29, 1.82) is 0 Å². The monoisotopic (exact) mass is 205 g/mol. The van der Waals surface area contributed by atoms with E-state index in [0.717, 1.165) is 30.4 Å². The smallest absolute Gasteiger partial charge is 0.0738 e. The molecule has 0 atom stereocenters. The number of nitrogens with zero attached hydrogens (tertiary/aromatic N) is 2. The summed E-state index contributed by atoms with van der Waals surface area (Å²) in [5.74, 6) is 0.769. The normalized spacial score (nSPS) is 17.7. The Balaban J connectivity index is 2.04. The highest BCUT2D eigenvalue weighted by atomic mass is 15.2. The van der Waals surface area contributed by atoms with Crippen LogP contribution in [0, 0.1) is 11.3 Å². The van der Waals surface area contributed by atoms with Gasteiger partial charge in [0.2, 0.25) is 0 Å². The van der Waals surface area contributed by atoms with Gasteiger partial charge >= 0.3 is 0 Å². The van der Waals surface area contributed by atoms with Crippen LogP contribution in [0.2, 0.25) is 0 Å². The summed E-state index contributed by atoms with van der Waals surface area (Å²) in [5, 5.41) is 0. The maximum Gasteiger partial charge on any atom is 0.0738 e. The zero-order chi connectivity index (χ0) is 11.1. The Hall–Kier alpha value is -1.25. The van der Waals surface area contributed by atoms with E-state index in [0.29, 0.717) is 5.41 Å². The zero-order valence-electron chi connectivity index (χ0n) is 9.70. The summed E-state index contributed by atoms with van der Waals surface area (Å²) in [5.41, 5.74) is 8.19. The van der Waals surface area contributed by atoms with E-state index in [-0.39, 0.29) is 0 Å². The van der Waals surface area contributed by atoms with Crippen LogP contribution in [-0.2, 0) is 0 Å². The lowest BCUT2D eigenvalue weighted by molar-refractivity contribution is 0.195. The van der Waals surface area contributed by atoms with Crippen LogP contribution in [0.4, 0.5) is 11.4 Å². The molecule has 1 aliphatic heterocycles. The molecular weight excluding hydrogens is 186 g/mol. The van der Waals surface area contributed by atoms with Gasteiger partial charge in [-0.05, 0) is 17.4 Å². The number of pyridine rings is 1. The molecule has 0 bridgehead atoms. The third-order valence-corrected chi connectivity index (χ3v) is 3.27. The molecule has 0 aliphatic carbocycles. The SMILES string of the molecule is CC(C)(C)C1CN(c2ccncc2N)C1. The minimum absolute atomic E-state index is 0.401. The van der Waals surface area contributed by atoms with E-state index in [4.69, 9.17) is 5.73 Å². The lowest BCUT2D eigenvalue weighted by atomic mass is 9.76. The number of anilines is 2. The molecule has 1 aromatic heterocycles. The van der Waals surface area contributed by atoms with E-state index in [2.05, 4.69) is 30.7 Å². The first-order chi connectivity index (χ1) is 6.98. The molecular formula is C12H19N3. The van der Waals surface area contributed by atoms with Gasteiger partial charge in [-0.2, -0.15) is 0 Å². The highest BCUT2D eigenvalue weighted by Crippen LogP contribution is 2.37. The molecule has 0 spiro atoms. The predicted molar refractivity (Wildman–Crippen MR) is 63.8 cm³/mol. The first-order valence-corrected chi connectivity index (χ1v) is 5.43. The molecule has 3 heteroatoms. The van der Waals surface area contributed by atoms with Gasteiger partial charge in [-0.1, -0.05) is 20.8 Å². The second-order valence-corrected chi connectivity index (χ2v) is 5.40. The molecule has 0 radical (unpaired) electrons. The molecule has 15 heavy (non-hydrogen) atoms. The molecule has 2 heterocycles.